The molecule has 2 heterocycles. The van der Waals surface area contributed by atoms with E-state index < -0.39 is 72.9 Å². The van der Waals surface area contributed by atoms with Crippen molar-refractivity contribution in [1.82, 2.24) is 0 Å². The molecule has 4 aromatic carbocycles. The molecule has 0 saturated carbocycles. The van der Waals surface area contributed by atoms with Crippen LogP contribution in [0.3, 0.4) is 0 Å². The van der Waals surface area contributed by atoms with Gasteiger partial charge >= 0.3 is 35.8 Å². The zero-order valence-electron chi connectivity index (χ0n) is 26.1. The van der Waals surface area contributed by atoms with Crippen molar-refractivity contribution in [1.29, 1.82) is 0 Å². The molecule has 0 N–H and O–H groups in total. The quantitative estimate of drug-likeness (QED) is 0.133. The molecule has 4 aromatic rings. The number of rotatable bonds is 10. The second-order valence-electron chi connectivity index (χ2n) is 11.1. The van der Waals surface area contributed by atoms with Gasteiger partial charge in [-0.25, -0.2) is 28.8 Å². The number of carbonyl (C=O) groups is 6. The second kappa shape index (κ2) is 15.2. The van der Waals surface area contributed by atoms with E-state index in [0.717, 1.165) is 6.08 Å². The van der Waals surface area contributed by atoms with Crippen molar-refractivity contribution >= 4 is 35.8 Å². The molecule has 6 rings (SSSR count). The predicted molar refractivity (Wildman–Crippen MR) is 172 cm³/mol. The Morgan fingerprint density at radius 1 is 0.520 bits per heavy atom. The largest absolute Gasteiger partial charge is 0.459 e. The molecule has 12 nitrogen and oxygen atoms in total. The van der Waals surface area contributed by atoms with Gasteiger partial charge in [0.25, 0.3) is 0 Å². The van der Waals surface area contributed by atoms with Crippen molar-refractivity contribution in [3.8, 4) is 0 Å². The molecule has 50 heavy (non-hydrogen) atoms. The number of esters is 6. The maximum atomic E-state index is 13.6. The first kappa shape index (κ1) is 33.5. The first-order valence-electron chi connectivity index (χ1n) is 15.4. The van der Waals surface area contributed by atoms with Gasteiger partial charge in [-0.1, -0.05) is 72.8 Å². The van der Waals surface area contributed by atoms with E-state index in [2.05, 4.69) is 0 Å². The summed E-state index contributed by atoms with van der Waals surface area (Å²) >= 11 is 0. The molecule has 0 spiro atoms. The standard InChI is InChI=1S/C38H28O12/c39-29-21-27(38(44)47-29)30-32(49-36(42)25-17-9-3-10-18-25)33(50-37(43)26-19-11-4-12-20-26)31(48-35(41)24-15-7-2-8-16-24)28(46-30)22-45-34(40)23-13-5-1-6-14-23/h1-21,28,30-33H,22H2/t28-,30-,31-,32+,33+/m1/s1. The average molecular weight is 677 g/mol. The predicted octanol–water partition coefficient (Wildman–Crippen LogP) is 4.30. The van der Waals surface area contributed by atoms with E-state index in [4.69, 9.17) is 28.4 Å². The molecule has 0 aromatic heterocycles. The smallest absolute Gasteiger partial charge is 0.344 e. The average Bonchev–Trinajstić information content (AvgIpc) is 3.50. The van der Waals surface area contributed by atoms with Gasteiger partial charge in [0.15, 0.2) is 18.3 Å². The Bertz CT molecular complexity index is 1910. The Labute approximate surface area is 285 Å². The topological polar surface area (TPSA) is 158 Å². The van der Waals surface area contributed by atoms with Crippen molar-refractivity contribution < 1.29 is 57.2 Å². The second-order valence-corrected chi connectivity index (χ2v) is 11.1. The summed E-state index contributed by atoms with van der Waals surface area (Å²) in [7, 11) is 0. The zero-order valence-corrected chi connectivity index (χ0v) is 26.1. The third-order valence-electron chi connectivity index (χ3n) is 7.79. The van der Waals surface area contributed by atoms with Crippen LogP contribution in [-0.4, -0.2) is 72.9 Å². The molecule has 2 aliphatic rings. The molecule has 5 atom stereocenters. The number of carbonyl (C=O) groups excluding carboxylic acids is 6. The summed E-state index contributed by atoms with van der Waals surface area (Å²) in [5.74, 6) is -5.57. The summed E-state index contributed by atoms with van der Waals surface area (Å²) < 4.78 is 34.3. The number of hydrogen-bond donors (Lipinski definition) is 0. The van der Waals surface area contributed by atoms with E-state index in [0.29, 0.717) is 0 Å². The van der Waals surface area contributed by atoms with Gasteiger partial charge in [0.1, 0.15) is 18.8 Å². The first-order chi connectivity index (χ1) is 24.3. The van der Waals surface area contributed by atoms with E-state index in [9.17, 15) is 28.8 Å². The SMILES string of the molecule is O=C1C=C([C@H]2O[C@H](COC(=O)c3ccccc3)[C@@H](OC(=O)c3ccccc3)[C@H](OC(=O)c3ccccc3)[C@H]2OC(=O)c2ccccc2)C(=O)O1. The lowest BCUT2D eigenvalue weighted by Gasteiger charge is -2.44. The first-order valence-corrected chi connectivity index (χ1v) is 15.4. The molecule has 252 valence electrons. The fraction of sp³-hybridized carbons (Fsp3) is 0.158. The normalized spacial score (nSPS) is 21.3. The van der Waals surface area contributed by atoms with E-state index in [-0.39, 0.29) is 27.8 Å². The third-order valence-corrected chi connectivity index (χ3v) is 7.79. The van der Waals surface area contributed by atoms with Crippen LogP contribution in [0.4, 0.5) is 0 Å². The summed E-state index contributed by atoms with van der Waals surface area (Å²) in [6, 6.07) is 31.5. The fourth-order valence-corrected chi connectivity index (χ4v) is 5.38. The Morgan fingerprint density at radius 2 is 0.920 bits per heavy atom. The van der Waals surface area contributed by atoms with Crippen LogP contribution < -0.4 is 0 Å². The van der Waals surface area contributed by atoms with Crippen molar-refractivity contribution in [3.05, 3.63) is 155 Å². The molecule has 0 unspecified atom stereocenters. The highest BCUT2D eigenvalue weighted by atomic mass is 16.7. The van der Waals surface area contributed by atoms with Crippen LogP contribution in [0.1, 0.15) is 41.4 Å². The number of hydrogen-bond acceptors (Lipinski definition) is 12. The minimum absolute atomic E-state index is 0.0928. The Morgan fingerprint density at radius 3 is 1.34 bits per heavy atom. The van der Waals surface area contributed by atoms with Crippen LogP contribution in [0.15, 0.2) is 133 Å². The molecule has 2 aliphatic heterocycles. The maximum Gasteiger partial charge on any atom is 0.344 e. The van der Waals surface area contributed by atoms with Crippen molar-refractivity contribution in [2.45, 2.75) is 30.5 Å². The van der Waals surface area contributed by atoms with E-state index >= 15 is 0 Å². The van der Waals surface area contributed by atoms with Gasteiger partial charge in [-0.3, -0.25) is 0 Å². The molecule has 12 heteroatoms. The lowest BCUT2D eigenvalue weighted by molar-refractivity contribution is -0.220. The van der Waals surface area contributed by atoms with Crippen LogP contribution in [0.5, 0.6) is 0 Å². The Balaban J connectivity index is 1.44. The van der Waals surface area contributed by atoms with Gasteiger partial charge in [-0.05, 0) is 48.5 Å². The van der Waals surface area contributed by atoms with Crippen LogP contribution in [0.25, 0.3) is 0 Å². The van der Waals surface area contributed by atoms with Gasteiger partial charge in [0.05, 0.1) is 27.8 Å². The molecule has 1 fully saturated rings. The highest BCUT2D eigenvalue weighted by molar-refractivity contribution is 6.09. The molecule has 0 aliphatic carbocycles. The third kappa shape index (κ3) is 7.66. The summed E-state index contributed by atoms with van der Waals surface area (Å²) in [6.45, 7) is -0.591. The summed E-state index contributed by atoms with van der Waals surface area (Å²) in [4.78, 5) is 78.8. The minimum Gasteiger partial charge on any atom is -0.459 e. The summed E-state index contributed by atoms with van der Waals surface area (Å²) in [5.41, 5.74) is 0.142. The maximum absolute atomic E-state index is 13.6. The lowest BCUT2D eigenvalue weighted by atomic mass is 9.90. The Hall–Kier alpha value is -6.40. The van der Waals surface area contributed by atoms with Crippen LogP contribution >= 0.6 is 0 Å². The van der Waals surface area contributed by atoms with Crippen molar-refractivity contribution in [3.63, 3.8) is 0 Å². The van der Waals surface area contributed by atoms with Crippen molar-refractivity contribution in [2.75, 3.05) is 6.61 Å². The monoisotopic (exact) mass is 676 g/mol. The highest BCUT2D eigenvalue weighted by Gasteiger charge is 2.56. The number of ether oxygens (including phenoxy) is 6. The zero-order chi connectivity index (χ0) is 35.0. The van der Waals surface area contributed by atoms with Crippen LogP contribution in [0, 0.1) is 0 Å². The fourth-order valence-electron chi connectivity index (χ4n) is 5.38. The highest BCUT2D eigenvalue weighted by Crippen LogP contribution is 2.35. The molecule has 0 amide bonds. The minimum atomic E-state index is -1.70. The van der Waals surface area contributed by atoms with Gasteiger partial charge in [0, 0.05) is 6.08 Å². The van der Waals surface area contributed by atoms with Gasteiger partial charge < -0.3 is 28.4 Å². The lowest BCUT2D eigenvalue weighted by Crippen LogP contribution is -2.63. The van der Waals surface area contributed by atoms with Gasteiger partial charge in [-0.15, -0.1) is 0 Å². The molecular formula is C38H28O12. The molecule has 0 radical (unpaired) electrons. The summed E-state index contributed by atoms with van der Waals surface area (Å²) in [6.07, 6.45) is -7.19. The van der Waals surface area contributed by atoms with E-state index in [1.165, 1.54) is 48.5 Å². The van der Waals surface area contributed by atoms with E-state index in [1.807, 2.05) is 0 Å². The van der Waals surface area contributed by atoms with E-state index in [1.54, 1.807) is 72.8 Å². The molecule has 1 saturated heterocycles. The summed E-state index contributed by atoms with van der Waals surface area (Å²) in [5, 5.41) is 0. The van der Waals surface area contributed by atoms with Gasteiger partial charge in [0.2, 0.25) is 0 Å². The number of benzene rings is 4. The van der Waals surface area contributed by atoms with Crippen molar-refractivity contribution in [2.24, 2.45) is 0 Å². The van der Waals surface area contributed by atoms with Gasteiger partial charge in [-0.2, -0.15) is 0 Å². The molecular weight excluding hydrogens is 648 g/mol. The number of cyclic esters (lactones) is 2. The molecule has 0 bridgehead atoms. The van der Waals surface area contributed by atoms with Crippen LogP contribution in [-0.2, 0) is 38.0 Å². The van der Waals surface area contributed by atoms with Crippen LogP contribution in [0.2, 0.25) is 0 Å². The Kier molecular flexibility index (Phi) is 10.2.